The van der Waals surface area contributed by atoms with Gasteiger partial charge < -0.3 is 10.4 Å². The highest BCUT2D eigenvalue weighted by molar-refractivity contribution is 7.91. The van der Waals surface area contributed by atoms with Gasteiger partial charge in [0.1, 0.15) is 9.84 Å². The quantitative estimate of drug-likeness (QED) is 0.655. The zero-order valence-electron chi connectivity index (χ0n) is 9.31. The summed E-state index contributed by atoms with van der Waals surface area (Å²) in [5.74, 6) is 0.568. The molecule has 0 aromatic heterocycles. The van der Waals surface area contributed by atoms with Gasteiger partial charge >= 0.3 is 0 Å². The standard InChI is InChI=1S/C10H19NO4S/c12-5-1-4-11-10(13)8-9-2-6-16(14,15)7-3-9/h9,12H,1-8H2,(H,11,13). The number of amides is 1. The largest absolute Gasteiger partial charge is 0.396 e. The molecule has 0 unspecified atom stereocenters. The second-order valence-corrected chi connectivity index (χ2v) is 6.53. The lowest BCUT2D eigenvalue weighted by atomic mass is 9.98. The molecule has 94 valence electrons. The number of sulfone groups is 1. The number of aliphatic hydroxyl groups is 1. The van der Waals surface area contributed by atoms with Gasteiger partial charge in [0.2, 0.25) is 5.91 Å². The van der Waals surface area contributed by atoms with Crippen LogP contribution in [0.25, 0.3) is 0 Å². The normalized spacial score (nSPS) is 20.6. The van der Waals surface area contributed by atoms with Crippen LogP contribution < -0.4 is 5.32 Å². The fraction of sp³-hybridized carbons (Fsp3) is 0.900. The Kier molecular flexibility index (Phi) is 5.21. The van der Waals surface area contributed by atoms with Gasteiger partial charge in [-0.1, -0.05) is 0 Å². The first-order chi connectivity index (χ1) is 7.53. The number of nitrogens with one attached hydrogen (secondary N) is 1. The van der Waals surface area contributed by atoms with Gasteiger partial charge in [0.15, 0.2) is 0 Å². The van der Waals surface area contributed by atoms with Crippen LogP contribution in [0.2, 0.25) is 0 Å². The molecular formula is C10H19NO4S. The van der Waals surface area contributed by atoms with Crippen LogP contribution in [-0.4, -0.2) is 44.1 Å². The average molecular weight is 249 g/mol. The van der Waals surface area contributed by atoms with E-state index in [0.717, 1.165) is 0 Å². The zero-order chi connectivity index (χ0) is 12.0. The molecule has 0 atom stereocenters. The summed E-state index contributed by atoms with van der Waals surface area (Å²) < 4.78 is 22.3. The maximum Gasteiger partial charge on any atom is 0.220 e. The lowest BCUT2D eigenvalue weighted by molar-refractivity contribution is -0.122. The van der Waals surface area contributed by atoms with Crippen molar-refractivity contribution in [1.82, 2.24) is 5.32 Å². The molecule has 0 bridgehead atoms. The molecular weight excluding hydrogens is 230 g/mol. The molecule has 1 rings (SSSR count). The summed E-state index contributed by atoms with van der Waals surface area (Å²) in [4.78, 5) is 11.4. The Balaban J connectivity index is 2.20. The van der Waals surface area contributed by atoms with Crippen molar-refractivity contribution >= 4 is 15.7 Å². The van der Waals surface area contributed by atoms with Crippen LogP contribution in [0.5, 0.6) is 0 Å². The molecule has 1 aliphatic heterocycles. The SMILES string of the molecule is O=C(CC1CCS(=O)(=O)CC1)NCCCO. The van der Waals surface area contributed by atoms with Crippen molar-refractivity contribution in [2.24, 2.45) is 5.92 Å². The van der Waals surface area contributed by atoms with E-state index in [2.05, 4.69) is 5.32 Å². The van der Waals surface area contributed by atoms with Gasteiger partial charge in [-0.3, -0.25) is 4.79 Å². The second kappa shape index (κ2) is 6.20. The Hall–Kier alpha value is -0.620. The number of carbonyl (C=O) groups is 1. The molecule has 0 aromatic rings. The van der Waals surface area contributed by atoms with Gasteiger partial charge in [-0.05, 0) is 25.2 Å². The minimum absolute atomic E-state index is 0.0438. The van der Waals surface area contributed by atoms with Gasteiger partial charge in [0.25, 0.3) is 0 Å². The van der Waals surface area contributed by atoms with E-state index in [4.69, 9.17) is 5.11 Å². The Morgan fingerprint density at radius 1 is 1.31 bits per heavy atom. The van der Waals surface area contributed by atoms with Gasteiger partial charge in [-0.2, -0.15) is 0 Å². The fourth-order valence-corrected chi connectivity index (χ4v) is 3.37. The Bertz CT molecular complexity index is 312. The lowest BCUT2D eigenvalue weighted by Crippen LogP contribution is -2.30. The predicted octanol–water partition coefficient (Wildman–Crippen LogP) is -0.300. The molecule has 1 aliphatic rings. The Morgan fingerprint density at radius 2 is 1.94 bits per heavy atom. The first-order valence-electron chi connectivity index (χ1n) is 5.61. The van der Waals surface area contributed by atoms with Crippen molar-refractivity contribution in [3.63, 3.8) is 0 Å². The van der Waals surface area contributed by atoms with Crippen molar-refractivity contribution in [2.45, 2.75) is 25.7 Å². The third-order valence-corrected chi connectivity index (χ3v) is 4.52. The van der Waals surface area contributed by atoms with Crippen molar-refractivity contribution < 1.29 is 18.3 Å². The smallest absolute Gasteiger partial charge is 0.220 e. The molecule has 16 heavy (non-hydrogen) atoms. The summed E-state index contributed by atoms with van der Waals surface area (Å²) in [6.45, 7) is 0.558. The monoisotopic (exact) mass is 249 g/mol. The zero-order valence-corrected chi connectivity index (χ0v) is 10.1. The van der Waals surface area contributed by atoms with Gasteiger partial charge in [0.05, 0.1) is 11.5 Å². The molecule has 1 fully saturated rings. The number of hydrogen-bond donors (Lipinski definition) is 2. The molecule has 0 aromatic carbocycles. The molecule has 0 radical (unpaired) electrons. The number of hydrogen-bond acceptors (Lipinski definition) is 4. The number of aliphatic hydroxyl groups excluding tert-OH is 1. The van der Waals surface area contributed by atoms with E-state index in [1.165, 1.54) is 0 Å². The summed E-state index contributed by atoms with van der Waals surface area (Å²) in [6.07, 6.45) is 2.15. The van der Waals surface area contributed by atoms with Crippen LogP contribution in [-0.2, 0) is 14.6 Å². The maximum atomic E-state index is 11.4. The van der Waals surface area contributed by atoms with E-state index >= 15 is 0 Å². The molecule has 0 aliphatic carbocycles. The number of rotatable bonds is 5. The highest BCUT2D eigenvalue weighted by Crippen LogP contribution is 2.21. The average Bonchev–Trinajstić information content (AvgIpc) is 2.22. The van der Waals surface area contributed by atoms with E-state index in [1.54, 1.807) is 0 Å². The third kappa shape index (κ3) is 4.94. The van der Waals surface area contributed by atoms with Crippen LogP contribution in [0.3, 0.4) is 0 Å². The van der Waals surface area contributed by atoms with Gasteiger partial charge in [-0.15, -0.1) is 0 Å². The minimum Gasteiger partial charge on any atom is -0.396 e. The highest BCUT2D eigenvalue weighted by atomic mass is 32.2. The summed E-state index contributed by atoms with van der Waals surface area (Å²) in [7, 11) is -2.84. The van der Waals surface area contributed by atoms with E-state index < -0.39 is 9.84 Å². The molecule has 6 heteroatoms. The van der Waals surface area contributed by atoms with Crippen molar-refractivity contribution in [2.75, 3.05) is 24.7 Å². The lowest BCUT2D eigenvalue weighted by Gasteiger charge is -2.21. The van der Waals surface area contributed by atoms with E-state index in [0.29, 0.717) is 32.2 Å². The highest BCUT2D eigenvalue weighted by Gasteiger charge is 2.24. The first kappa shape index (κ1) is 13.4. The van der Waals surface area contributed by atoms with Gasteiger partial charge in [0, 0.05) is 19.6 Å². The molecule has 0 saturated carbocycles. The van der Waals surface area contributed by atoms with E-state index in [9.17, 15) is 13.2 Å². The van der Waals surface area contributed by atoms with E-state index in [-0.39, 0.29) is 29.9 Å². The second-order valence-electron chi connectivity index (χ2n) is 4.23. The van der Waals surface area contributed by atoms with Crippen LogP contribution >= 0.6 is 0 Å². The fourth-order valence-electron chi connectivity index (χ4n) is 1.78. The van der Waals surface area contributed by atoms with Crippen LogP contribution in [0.1, 0.15) is 25.7 Å². The molecule has 1 amide bonds. The van der Waals surface area contributed by atoms with Gasteiger partial charge in [-0.25, -0.2) is 8.42 Å². The van der Waals surface area contributed by atoms with Crippen molar-refractivity contribution in [3.8, 4) is 0 Å². The predicted molar refractivity (Wildman–Crippen MR) is 60.7 cm³/mol. The molecule has 1 saturated heterocycles. The number of carbonyl (C=O) groups excluding carboxylic acids is 1. The van der Waals surface area contributed by atoms with E-state index in [1.807, 2.05) is 0 Å². The molecule has 1 heterocycles. The molecule has 0 spiro atoms. The summed E-state index contributed by atoms with van der Waals surface area (Å²) in [5, 5.41) is 11.2. The Morgan fingerprint density at radius 3 is 2.50 bits per heavy atom. The Labute approximate surface area is 96.1 Å². The van der Waals surface area contributed by atoms with Crippen LogP contribution in [0.15, 0.2) is 0 Å². The van der Waals surface area contributed by atoms with Crippen molar-refractivity contribution in [3.05, 3.63) is 0 Å². The van der Waals surface area contributed by atoms with Crippen LogP contribution in [0.4, 0.5) is 0 Å². The topological polar surface area (TPSA) is 83.5 Å². The van der Waals surface area contributed by atoms with Crippen LogP contribution in [0, 0.1) is 5.92 Å². The molecule has 2 N–H and O–H groups in total. The summed E-state index contributed by atoms with van der Waals surface area (Å²) >= 11 is 0. The summed E-state index contributed by atoms with van der Waals surface area (Å²) in [5.41, 5.74) is 0. The minimum atomic E-state index is -2.84. The maximum absolute atomic E-state index is 11.4. The first-order valence-corrected chi connectivity index (χ1v) is 7.43. The summed E-state index contributed by atoms with van der Waals surface area (Å²) in [6, 6.07) is 0. The molecule has 5 nitrogen and oxygen atoms in total. The van der Waals surface area contributed by atoms with Crippen molar-refractivity contribution in [1.29, 1.82) is 0 Å². The third-order valence-electron chi connectivity index (χ3n) is 2.81.